The summed E-state index contributed by atoms with van der Waals surface area (Å²) in [7, 11) is 1.86. The first-order valence-electron chi connectivity index (χ1n) is 7.71. The number of nitrogens with zero attached hydrogens (tertiary/aromatic N) is 2. The minimum atomic E-state index is -0.120. The van der Waals surface area contributed by atoms with Gasteiger partial charge in [0.15, 0.2) is 5.96 Å². The van der Waals surface area contributed by atoms with Crippen molar-refractivity contribution in [2.24, 2.45) is 16.3 Å². The molecule has 1 saturated heterocycles. The van der Waals surface area contributed by atoms with Gasteiger partial charge in [0.05, 0.1) is 6.10 Å². The minimum absolute atomic E-state index is 0. The van der Waals surface area contributed by atoms with Gasteiger partial charge in [-0.15, -0.1) is 24.0 Å². The fourth-order valence-corrected chi connectivity index (χ4v) is 3.30. The summed E-state index contributed by atoms with van der Waals surface area (Å²) in [5, 5.41) is 13.3. The zero-order valence-electron chi connectivity index (χ0n) is 13.1. The van der Waals surface area contributed by atoms with Crippen molar-refractivity contribution in [1.82, 2.24) is 10.2 Å². The maximum Gasteiger partial charge on any atom is 0.193 e. The molecule has 0 aromatic rings. The van der Waals surface area contributed by atoms with Crippen LogP contribution in [-0.4, -0.2) is 48.8 Å². The van der Waals surface area contributed by atoms with E-state index >= 15 is 0 Å². The molecule has 3 unspecified atom stereocenters. The van der Waals surface area contributed by atoms with E-state index in [1.54, 1.807) is 0 Å². The molecular formula is C15H30IN3O. The zero-order chi connectivity index (χ0) is 13.9. The van der Waals surface area contributed by atoms with Gasteiger partial charge in [-0.25, -0.2) is 0 Å². The van der Waals surface area contributed by atoms with Gasteiger partial charge >= 0.3 is 0 Å². The van der Waals surface area contributed by atoms with E-state index in [2.05, 4.69) is 29.1 Å². The first kappa shape index (κ1) is 18.0. The van der Waals surface area contributed by atoms with E-state index < -0.39 is 0 Å². The molecule has 1 aliphatic carbocycles. The van der Waals surface area contributed by atoms with Gasteiger partial charge in [0.25, 0.3) is 0 Å². The highest BCUT2D eigenvalue weighted by Gasteiger charge is 2.34. The van der Waals surface area contributed by atoms with Crippen LogP contribution in [0, 0.1) is 11.3 Å². The molecule has 0 radical (unpaired) electrons. The highest BCUT2D eigenvalue weighted by molar-refractivity contribution is 14.0. The summed E-state index contributed by atoms with van der Waals surface area (Å²) in [4.78, 5) is 6.77. The van der Waals surface area contributed by atoms with Crippen molar-refractivity contribution in [3.63, 3.8) is 0 Å². The lowest BCUT2D eigenvalue weighted by Crippen LogP contribution is -2.43. The van der Waals surface area contributed by atoms with Crippen molar-refractivity contribution >= 4 is 29.9 Å². The van der Waals surface area contributed by atoms with E-state index in [9.17, 15) is 5.11 Å². The topological polar surface area (TPSA) is 47.9 Å². The lowest BCUT2D eigenvalue weighted by molar-refractivity contribution is 0.134. The summed E-state index contributed by atoms with van der Waals surface area (Å²) in [6.45, 7) is 7.68. The second kappa shape index (κ2) is 7.82. The Morgan fingerprint density at radius 2 is 2.20 bits per heavy atom. The molecule has 4 nitrogen and oxygen atoms in total. The molecule has 0 bridgehead atoms. The van der Waals surface area contributed by atoms with Gasteiger partial charge in [0.1, 0.15) is 0 Å². The van der Waals surface area contributed by atoms with Crippen LogP contribution in [0.5, 0.6) is 0 Å². The Kier molecular flexibility index (Phi) is 7.04. The smallest absolute Gasteiger partial charge is 0.193 e. The molecule has 1 heterocycles. The molecule has 0 aromatic heterocycles. The van der Waals surface area contributed by atoms with E-state index in [0.29, 0.717) is 11.3 Å². The van der Waals surface area contributed by atoms with Gasteiger partial charge in [-0.3, -0.25) is 4.99 Å². The van der Waals surface area contributed by atoms with Crippen LogP contribution in [0.15, 0.2) is 4.99 Å². The third kappa shape index (κ3) is 4.23. The lowest BCUT2D eigenvalue weighted by Gasteiger charge is -2.26. The number of nitrogens with one attached hydrogen (secondary N) is 1. The van der Waals surface area contributed by atoms with Crippen molar-refractivity contribution < 1.29 is 5.11 Å². The van der Waals surface area contributed by atoms with Crippen molar-refractivity contribution in [2.45, 2.75) is 52.1 Å². The molecule has 2 N–H and O–H groups in total. The molecular weight excluding hydrogens is 365 g/mol. The fourth-order valence-electron chi connectivity index (χ4n) is 3.30. The van der Waals surface area contributed by atoms with Gasteiger partial charge in [0.2, 0.25) is 0 Å². The Balaban J connectivity index is 0.00000200. The predicted molar refractivity (Wildman–Crippen MR) is 94.7 cm³/mol. The fraction of sp³-hybridized carbons (Fsp3) is 0.933. The van der Waals surface area contributed by atoms with E-state index in [4.69, 9.17) is 0 Å². The molecule has 5 heteroatoms. The van der Waals surface area contributed by atoms with Gasteiger partial charge < -0.3 is 15.3 Å². The number of guanidine groups is 1. The number of likely N-dealkylation sites (tertiary alicyclic amines) is 1. The summed E-state index contributed by atoms with van der Waals surface area (Å²) >= 11 is 0. The summed E-state index contributed by atoms with van der Waals surface area (Å²) < 4.78 is 0. The number of rotatable bonds is 3. The Bertz CT molecular complexity index is 337. The summed E-state index contributed by atoms with van der Waals surface area (Å²) in [5.41, 5.74) is 0.435. The molecule has 0 spiro atoms. The summed E-state index contributed by atoms with van der Waals surface area (Å²) in [6, 6.07) is 0. The van der Waals surface area contributed by atoms with Crippen molar-refractivity contribution in [3.05, 3.63) is 0 Å². The SMILES string of the molecule is CCC1(C)CCN(C(=NC)NCC2CCCC2O)C1.I. The molecule has 0 amide bonds. The molecule has 2 fully saturated rings. The number of aliphatic hydroxyl groups is 1. The first-order chi connectivity index (χ1) is 9.08. The predicted octanol–water partition coefficient (Wildman–Crippen LogP) is 2.46. The molecule has 0 aromatic carbocycles. The van der Waals surface area contributed by atoms with Crippen LogP contribution in [0.4, 0.5) is 0 Å². The number of aliphatic imine (C=N–C) groups is 1. The number of hydrogen-bond acceptors (Lipinski definition) is 2. The van der Waals surface area contributed by atoms with Gasteiger partial charge in [-0.2, -0.15) is 0 Å². The maximum atomic E-state index is 9.87. The Labute approximate surface area is 140 Å². The Morgan fingerprint density at radius 1 is 1.45 bits per heavy atom. The number of aliphatic hydroxyl groups excluding tert-OH is 1. The quantitative estimate of drug-likeness (QED) is 0.439. The van der Waals surface area contributed by atoms with Crippen molar-refractivity contribution in [2.75, 3.05) is 26.7 Å². The normalized spacial score (nSPS) is 34.2. The van der Waals surface area contributed by atoms with E-state index in [1.165, 1.54) is 12.8 Å². The Morgan fingerprint density at radius 3 is 2.70 bits per heavy atom. The number of hydrogen-bond donors (Lipinski definition) is 2. The van der Waals surface area contributed by atoms with E-state index in [0.717, 1.165) is 44.9 Å². The van der Waals surface area contributed by atoms with Crippen LogP contribution in [0.2, 0.25) is 0 Å². The average Bonchev–Trinajstić information content (AvgIpc) is 2.98. The van der Waals surface area contributed by atoms with Gasteiger partial charge in [-0.05, 0) is 31.1 Å². The first-order valence-corrected chi connectivity index (χ1v) is 7.71. The van der Waals surface area contributed by atoms with E-state index in [-0.39, 0.29) is 30.1 Å². The van der Waals surface area contributed by atoms with Crippen LogP contribution in [0.3, 0.4) is 0 Å². The molecule has 20 heavy (non-hydrogen) atoms. The standard InChI is InChI=1S/C15H29N3O.HI/c1-4-15(2)8-9-18(11-15)14(16-3)17-10-12-6-5-7-13(12)19;/h12-13,19H,4-11H2,1-3H3,(H,16,17);1H. The number of halogens is 1. The largest absolute Gasteiger partial charge is 0.393 e. The molecule has 118 valence electrons. The molecule has 1 aliphatic heterocycles. The second-order valence-corrected chi connectivity index (χ2v) is 6.52. The van der Waals surface area contributed by atoms with Crippen molar-refractivity contribution in [3.8, 4) is 0 Å². The zero-order valence-corrected chi connectivity index (χ0v) is 15.4. The minimum Gasteiger partial charge on any atom is -0.393 e. The van der Waals surface area contributed by atoms with Crippen LogP contribution in [0.25, 0.3) is 0 Å². The van der Waals surface area contributed by atoms with Crippen LogP contribution < -0.4 is 5.32 Å². The van der Waals surface area contributed by atoms with Crippen LogP contribution >= 0.6 is 24.0 Å². The van der Waals surface area contributed by atoms with Crippen molar-refractivity contribution in [1.29, 1.82) is 0 Å². The van der Waals surface area contributed by atoms with Crippen LogP contribution in [0.1, 0.15) is 46.0 Å². The molecule has 3 atom stereocenters. The highest BCUT2D eigenvalue weighted by Crippen LogP contribution is 2.33. The average molecular weight is 395 g/mol. The third-order valence-electron chi connectivity index (χ3n) is 5.06. The summed E-state index contributed by atoms with van der Waals surface area (Å²) in [6.07, 6.45) is 5.60. The van der Waals surface area contributed by atoms with E-state index in [1.807, 2.05) is 7.05 Å². The van der Waals surface area contributed by atoms with Crippen LogP contribution in [-0.2, 0) is 0 Å². The molecule has 1 saturated carbocycles. The third-order valence-corrected chi connectivity index (χ3v) is 5.06. The van der Waals surface area contributed by atoms with Gasteiger partial charge in [-0.1, -0.05) is 20.3 Å². The second-order valence-electron chi connectivity index (χ2n) is 6.52. The Hall–Kier alpha value is -0.0400. The summed E-state index contributed by atoms with van der Waals surface area (Å²) in [5.74, 6) is 1.41. The van der Waals surface area contributed by atoms with Gasteiger partial charge in [0, 0.05) is 32.6 Å². The highest BCUT2D eigenvalue weighted by atomic mass is 127. The molecule has 2 rings (SSSR count). The maximum absolute atomic E-state index is 9.87. The lowest BCUT2D eigenvalue weighted by atomic mass is 9.87. The molecule has 2 aliphatic rings. The monoisotopic (exact) mass is 395 g/mol.